The molecule has 7 heteroatoms. The molecule has 0 fully saturated rings. The Bertz CT molecular complexity index is 436. The molecule has 1 aromatic rings. The maximum Gasteiger partial charge on any atom is 0.291 e. The molecule has 0 saturated carbocycles. The van der Waals surface area contributed by atoms with Gasteiger partial charge in [0.15, 0.2) is 6.10 Å². The third-order valence-electron chi connectivity index (χ3n) is 1.75. The van der Waals surface area contributed by atoms with E-state index in [-0.39, 0.29) is 16.5 Å². The van der Waals surface area contributed by atoms with Crippen LogP contribution in [0.4, 0.5) is 5.69 Å². The largest absolute Gasteiger partial charge is 0.481 e. The third-order valence-corrected chi connectivity index (χ3v) is 2.37. The van der Waals surface area contributed by atoms with Crippen LogP contribution in [0.1, 0.15) is 6.92 Å². The molecule has 0 N–H and O–H groups in total. The molecular formula is C9H7Cl2NO4. The molecule has 0 amide bonds. The second-order valence-electron chi connectivity index (χ2n) is 2.93. The van der Waals surface area contributed by atoms with E-state index in [1.54, 1.807) is 0 Å². The van der Waals surface area contributed by atoms with E-state index in [4.69, 9.17) is 27.9 Å². The van der Waals surface area contributed by atoms with Gasteiger partial charge in [-0.3, -0.25) is 14.9 Å². The molecule has 1 aromatic carbocycles. The van der Waals surface area contributed by atoms with Gasteiger partial charge in [-0.1, -0.05) is 11.6 Å². The lowest BCUT2D eigenvalue weighted by atomic mass is 10.3. The van der Waals surface area contributed by atoms with Gasteiger partial charge in [0.25, 0.3) is 10.9 Å². The lowest BCUT2D eigenvalue weighted by Gasteiger charge is -2.10. The normalized spacial score (nSPS) is 11.9. The first kappa shape index (κ1) is 12.7. The summed E-state index contributed by atoms with van der Waals surface area (Å²) in [6, 6.07) is 3.88. The van der Waals surface area contributed by atoms with Gasteiger partial charge >= 0.3 is 0 Å². The van der Waals surface area contributed by atoms with Gasteiger partial charge in [-0.15, -0.1) is 0 Å². The molecule has 16 heavy (non-hydrogen) atoms. The number of hydrogen-bond donors (Lipinski definition) is 0. The number of nitro groups is 1. The number of hydrogen-bond acceptors (Lipinski definition) is 4. The Morgan fingerprint density at radius 3 is 2.69 bits per heavy atom. The summed E-state index contributed by atoms with van der Waals surface area (Å²) in [4.78, 5) is 20.6. The van der Waals surface area contributed by atoms with Crippen molar-refractivity contribution in [2.45, 2.75) is 13.0 Å². The summed E-state index contributed by atoms with van der Waals surface area (Å²) in [5.74, 6) is 0.164. The van der Waals surface area contributed by atoms with E-state index in [0.717, 1.165) is 6.07 Å². The van der Waals surface area contributed by atoms with Crippen LogP contribution in [-0.4, -0.2) is 16.3 Å². The molecule has 0 heterocycles. The summed E-state index contributed by atoms with van der Waals surface area (Å²) >= 11 is 10.8. The molecule has 1 atom stereocenters. The van der Waals surface area contributed by atoms with E-state index >= 15 is 0 Å². The van der Waals surface area contributed by atoms with Crippen molar-refractivity contribution >= 4 is 34.1 Å². The van der Waals surface area contributed by atoms with Gasteiger partial charge in [-0.2, -0.15) is 0 Å². The Balaban J connectivity index is 2.95. The SMILES string of the molecule is CC(Oc1ccc(Cl)c([N+](=O)[O-])c1)C(=O)Cl. The summed E-state index contributed by atoms with van der Waals surface area (Å²) in [7, 11) is 0. The number of ether oxygens (including phenoxy) is 1. The summed E-state index contributed by atoms with van der Waals surface area (Å²) in [6.45, 7) is 1.44. The quantitative estimate of drug-likeness (QED) is 0.476. The zero-order chi connectivity index (χ0) is 12.3. The van der Waals surface area contributed by atoms with Crippen LogP contribution in [0.15, 0.2) is 18.2 Å². The Labute approximate surface area is 101 Å². The molecule has 0 aromatic heterocycles. The first-order valence-electron chi connectivity index (χ1n) is 4.21. The topological polar surface area (TPSA) is 69.4 Å². The highest BCUT2D eigenvalue weighted by Gasteiger charge is 2.16. The predicted molar refractivity (Wildman–Crippen MR) is 59.1 cm³/mol. The lowest BCUT2D eigenvalue weighted by Crippen LogP contribution is -2.18. The number of benzene rings is 1. The molecule has 0 aliphatic rings. The van der Waals surface area contributed by atoms with Crippen LogP contribution in [0.2, 0.25) is 5.02 Å². The highest BCUT2D eigenvalue weighted by molar-refractivity contribution is 6.64. The maximum atomic E-state index is 10.7. The smallest absolute Gasteiger partial charge is 0.291 e. The minimum Gasteiger partial charge on any atom is -0.481 e. The summed E-state index contributed by atoms with van der Waals surface area (Å²) < 4.78 is 5.08. The molecule has 0 aliphatic heterocycles. The minimum atomic E-state index is -0.873. The Morgan fingerprint density at radius 1 is 1.56 bits per heavy atom. The van der Waals surface area contributed by atoms with Crippen molar-refractivity contribution in [3.8, 4) is 5.75 Å². The highest BCUT2D eigenvalue weighted by Crippen LogP contribution is 2.29. The molecular weight excluding hydrogens is 257 g/mol. The molecule has 0 aliphatic carbocycles. The van der Waals surface area contributed by atoms with Crippen molar-refractivity contribution in [2.75, 3.05) is 0 Å². The third kappa shape index (κ3) is 3.08. The Hall–Kier alpha value is -1.33. The van der Waals surface area contributed by atoms with Gasteiger partial charge in [0.1, 0.15) is 10.8 Å². The number of halogens is 2. The van der Waals surface area contributed by atoms with E-state index < -0.39 is 16.3 Å². The fourth-order valence-corrected chi connectivity index (χ4v) is 1.19. The molecule has 0 saturated heterocycles. The zero-order valence-electron chi connectivity index (χ0n) is 8.15. The van der Waals surface area contributed by atoms with Gasteiger partial charge in [-0.05, 0) is 30.7 Å². The van der Waals surface area contributed by atoms with Crippen molar-refractivity contribution in [1.82, 2.24) is 0 Å². The molecule has 0 spiro atoms. The average molecular weight is 264 g/mol. The van der Waals surface area contributed by atoms with Crippen LogP contribution in [0.3, 0.4) is 0 Å². The van der Waals surface area contributed by atoms with Crippen LogP contribution in [-0.2, 0) is 4.79 Å². The Kier molecular flexibility index (Phi) is 4.09. The second-order valence-corrected chi connectivity index (χ2v) is 3.71. The number of carbonyl (C=O) groups excluding carboxylic acids is 1. The molecule has 86 valence electrons. The number of rotatable bonds is 4. The second kappa shape index (κ2) is 5.14. The minimum absolute atomic E-state index is 0.00204. The van der Waals surface area contributed by atoms with E-state index in [1.165, 1.54) is 19.1 Å². The molecule has 5 nitrogen and oxygen atoms in total. The van der Waals surface area contributed by atoms with Crippen molar-refractivity contribution in [3.05, 3.63) is 33.3 Å². The van der Waals surface area contributed by atoms with Gasteiger partial charge in [0, 0.05) is 0 Å². The van der Waals surface area contributed by atoms with Crippen molar-refractivity contribution in [2.24, 2.45) is 0 Å². The monoisotopic (exact) mass is 263 g/mol. The van der Waals surface area contributed by atoms with Crippen molar-refractivity contribution < 1.29 is 14.5 Å². The van der Waals surface area contributed by atoms with E-state index in [2.05, 4.69) is 0 Å². The highest BCUT2D eigenvalue weighted by atomic mass is 35.5. The van der Waals surface area contributed by atoms with Gasteiger partial charge in [0.2, 0.25) is 0 Å². The molecule has 1 rings (SSSR count). The van der Waals surface area contributed by atoms with Crippen LogP contribution < -0.4 is 4.74 Å². The number of carbonyl (C=O) groups is 1. The summed E-state index contributed by atoms with van der Waals surface area (Å²) in [5, 5.41) is 9.89. The van der Waals surface area contributed by atoms with E-state index in [0.29, 0.717) is 0 Å². The fraction of sp³-hybridized carbons (Fsp3) is 0.222. The van der Waals surface area contributed by atoms with Crippen molar-refractivity contribution in [1.29, 1.82) is 0 Å². The van der Waals surface area contributed by atoms with Crippen LogP contribution in [0.5, 0.6) is 5.75 Å². The molecule has 1 unspecified atom stereocenters. The number of nitrogens with zero attached hydrogens (tertiary/aromatic N) is 1. The van der Waals surface area contributed by atoms with Crippen LogP contribution >= 0.6 is 23.2 Å². The maximum absolute atomic E-state index is 10.7. The molecule has 0 radical (unpaired) electrons. The van der Waals surface area contributed by atoms with Gasteiger partial charge < -0.3 is 4.74 Å². The van der Waals surface area contributed by atoms with E-state index in [9.17, 15) is 14.9 Å². The first-order valence-corrected chi connectivity index (χ1v) is 4.97. The zero-order valence-corrected chi connectivity index (χ0v) is 9.66. The van der Waals surface area contributed by atoms with Gasteiger partial charge in [-0.25, -0.2) is 0 Å². The van der Waals surface area contributed by atoms with Crippen LogP contribution in [0.25, 0.3) is 0 Å². The lowest BCUT2D eigenvalue weighted by molar-refractivity contribution is -0.384. The predicted octanol–water partition coefficient (Wildman–Crippen LogP) is 2.78. The number of nitro benzene ring substituents is 1. The van der Waals surface area contributed by atoms with Crippen molar-refractivity contribution in [3.63, 3.8) is 0 Å². The molecule has 0 bridgehead atoms. The average Bonchev–Trinajstić information content (AvgIpc) is 2.20. The fourth-order valence-electron chi connectivity index (χ4n) is 0.956. The summed E-state index contributed by atoms with van der Waals surface area (Å²) in [5.41, 5.74) is -0.284. The first-order chi connectivity index (χ1) is 7.41. The summed E-state index contributed by atoms with van der Waals surface area (Å²) in [6.07, 6.45) is -0.873. The standard InChI is InChI=1S/C9H7Cl2NO4/c1-5(9(11)13)16-6-2-3-7(10)8(4-6)12(14)15/h2-5H,1H3. The van der Waals surface area contributed by atoms with Crippen LogP contribution in [0, 0.1) is 10.1 Å². The van der Waals surface area contributed by atoms with Gasteiger partial charge in [0.05, 0.1) is 11.0 Å². The van der Waals surface area contributed by atoms with E-state index in [1.807, 2.05) is 0 Å². The Morgan fingerprint density at radius 2 is 2.19 bits per heavy atom.